The summed E-state index contributed by atoms with van der Waals surface area (Å²) in [5, 5.41) is 0. The zero-order valence-corrected chi connectivity index (χ0v) is 14.3. The van der Waals surface area contributed by atoms with E-state index in [1.165, 1.54) is 13.2 Å². The summed E-state index contributed by atoms with van der Waals surface area (Å²) in [7, 11) is 1.29. The van der Waals surface area contributed by atoms with E-state index in [9.17, 15) is 9.59 Å². The Kier molecular flexibility index (Phi) is 5.76. The molecule has 2 aromatic rings. The van der Waals surface area contributed by atoms with Gasteiger partial charge in [0.05, 0.1) is 19.3 Å². The van der Waals surface area contributed by atoms with Crippen molar-refractivity contribution in [1.29, 1.82) is 0 Å². The van der Waals surface area contributed by atoms with Crippen molar-refractivity contribution >= 4 is 27.9 Å². The molecule has 0 aliphatic heterocycles. The van der Waals surface area contributed by atoms with Crippen molar-refractivity contribution in [2.75, 3.05) is 13.7 Å². The lowest BCUT2D eigenvalue weighted by atomic mass is 10.2. The van der Waals surface area contributed by atoms with Crippen molar-refractivity contribution in [2.24, 2.45) is 0 Å². The number of ether oxygens (including phenoxy) is 3. The molecule has 0 spiro atoms. The molecule has 0 fully saturated rings. The molecule has 0 amide bonds. The van der Waals surface area contributed by atoms with Crippen LogP contribution in [0.3, 0.4) is 0 Å². The van der Waals surface area contributed by atoms with Crippen LogP contribution in [0.4, 0.5) is 0 Å². The van der Waals surface area contributed by atoms with Gasteiger partial charge in [-0.25, -0.2) is 9.59 Å². The number of rotatable bonds is 5. The van der Waals surface area contributed by atoms with Gasteiger partial charge in [-0.05, 0) is 43.3 Å². The van der Waals surface area contributed by atoms with Gasteiger partial charge >= 0.3 is 11.9 Å². The van der Waals surface area contributed by atoms with Crippen LogP contribution in [0.15, 0.2) is 46.9 Å². The molecule has 0 bridgehead atoms. The third-order valence-corrected chi connectivity index (χ3v) is 3.42. The van der Waals surface area contributed by atoms with Gasteiger partial charge < -0.3 is 14.2 Å². The lowest BCUT2D eigenvalue weighted by Crippen LogP contribution is -2.11. The molecule has 0 aliphatic carbocycles. The van der Waals surface area contributed by atoms with Gasteiger partial charge in [0.15, 0.2) is 0 Å². The van der Waals surface area contributed by atoms with Crippen molar-refractivity contribution in [3.63, 3.8) is 0 Å². The second kappa shape index (κ2) is 7.78. The maximum Gasteiger partial charge on any atom is 0.347 e. The molecular weight excluding hydrogens is 364 g/mol. The molecule has 0 saturated heterocycles. The number of esters is 2. The quantitative estimate of drug-likeness (QED) is 0.583. The zero-order chi connectivity index (χ0) is 16.8. The Morgan fingerprint density at radius 3 is 2.57 bits per heavy atom. The molecule has 6 heteroatoms. The fourth-order valence-corrected chi connectivity index (χ4v) is 2.27. The van der Waals surface area contributed by atoms with E-state index in [2.05, 4.69) is 20.7 Å². The van der Waals surface area contributed by atoms with Crippen LogP contribution in [0.25, 0.3) is 0 Å². The minimum Gasteiger partial charge on any atom is -0.493 e. The van der Waals surface area contributed by atoms with E-state index in [1.54, 1.807) is 36.4 Å². The van der Waals surface area contributed by atoms with E-state index < -0.39 is 11.9 Å². The first-order valence-corrected chi connectivity index (χ1v) is 7.67. The Morgan fingerprint density at radius 2 is 1.87 bits per heavy atom. The largest absolute Gasteiger partial charge is 0.493 e. The monoisotopic (exact) mass is 378 g/mol. The van der Waals surface area contributed by atoms with Crippen LogP contribution in [-0.4, -0.2) is 25.7 Å². The molecule has 0 heterocycles. The van der Waals surface area contributed by atoms with Gasteiger partial charge in [-0.15, -0.1) is 0 Å². The van der Waals surface area contributed by atoms with Gasteiger partial charge in [0, 0.05) is 4.47 Å². The molecule has 2 rings (SSSR count). The highest BCUT2D eigenvalue weighted by atomic mass is 79.9. The molecule has 120 valence electrons. The second-order valence-corrected chi connectivity index (χ2v) is 5.40. The van der Waals surface area contributed by atoms with E-state index in [-0.39, 0.29) is 5.75 Å². The molecule has 0 aliphatic rings. The molecule has 0 atom stereocenters. The number of hydrogen-bond acceptors (Lipinski definition) is 5. The number of hydrogen-bond donors (Lipinski definition) is 0. The number of carbonyl (C=O) groups excluding carboxylic acids is 2. The van der Waals surface area contributed by atoms with Gasteiger partial charge in [-0.2, -0.15) is 0 Å². The van der Waals surface area contributed by atoms with Crippen LogP contribution in [0.1, 0.15) is 27.6 Å². The normalized spacial score (nSPS) is 10.0. The van der Waals surface area contributed by atoms with Gasteiger partial charge in [0.1, 0.15) is 17.1 Å². The van der Waals surface area contributed by atoms with Gasteiger partial charge in [0.25, 0.3) is 0 Å². The fraction of sp³-hybridized carbons (Fsp3) is 0.176. The molecule has 0 N–H and O–H groups in total. The van der Waals surface area contributed by atoms with Crippen molar-refractivity contribution in [3.05, 3.63) is 58.1 Å². The van der Waals surface area contributed by atoms with E-state index in [4.69, 9.17) is 9.47 Å². The lowest BCUT2D eigenvalue weighted by molar-refractivity contribution is 0.0597. The summed E-state index contributed by atoms with van der Waals surface area (Å²) in [5.41, 5.74) is 0.599. The van der Waals surface area contributed by atoms with Gasteiger partial charge in [-0.3, -0.25) is 0 Å². The highest BCUT2D eigenvalue weighted by Gasteiger charge is 2.16. The number of carbonyl (C=O) groups is 2. The van der Waals surface area contributed by atoms with E-state index in [0.717, 1.165) is 4.47 Å². The first kappa shape index (κ1) is 17.0. The minimum absolute atomic E-state index is 0.250. The van der Waals surface area contributed by atoms with Crippen LogP contribution in [0.2, 0.25) is 0 Å². The Labute approximate surface area is 142 Å². The van der Waals surface area contributed by atoms with Crippen molar-refractivity contribution in [2.45, 2.75) is 6.92 Å². The predicted molar refractivity (Wildman–Crippen MR) is 88.1 cm³/mol. The average molecular weight is 379 g/mol. The lowest BCUT2D eigenvalue weighted by Gasteiger charge is -2.11. The Hall–Kier alpha value is -2.34. The molecule has 2 aromatic carbocycles. The summed E-state index contributed by atoms with van der Waals surface area (Å²) in [4.78, 5) is 23.9. The summed E-state index contributed by atoms with van der Waals surface area (Å²) < 4.78 is 16.1. The Balaban J connectivity index is 2.25. The average Bonchev–Trinajstić information content (AvgIpc) is 2.56. The first-order valence-electron chi connectivity index (χ1n) is 6.88. The number of halogens is 1. The third kappa shape index (κ3) is 4.32. The summed E-state index contributed by atoms with van der Waals surface area (Å²) >= 11 is 3.32. The molecule has 0 unspecified atom stereocenters. The molecule has 0 radical (unpaired) electrons. The standard InChI is InChI=1S/C17H15BrO5/c1-3-22-15-8-7-12(18)10-14(15)17(20)23-13-6-4-5-11(9-13)16(19)21-2/h4-10H,3H2,1-2H3. The maximum absolute atomic E-state index is 12.4. The smallest absolute Gasteiger partial charge is 0.347 e. The fourth-order valence-electron chi connectivity index (χ4n) is 1.91. The second-order valence-electron chi connectivity index (χ2n) is 4.48. The molecular formula is C17H15BrO5. The van der Waals surface area contributed by atoms with E-state index in [0.29, 0.717) is 23.5 Å². The van der Waals surface area contributed by atoms with Crippen LogP contribution in [0.5, 0.6) is 11.5 Å². The third-order valence-electron chi connectivity index (χ3n) is 2.93. The molecule has 0 aromatic heterocycles. The van der Waals surface area contributed by atoms with E-state index in [1.807, 2.05) is 6.92 Å². The summed E-state index contributed by atoms with van der Waals surface area (Å²) in [6.45, 7) is 2.26. The Bertz CT molecular complexity index is 727. The van der Waals surface area contributed by atoms with Gasteiger partial charge in [0.2, 0.25) is 0 Å². The number of benzene rings is 2. The minimum atomic E-state index is -0.572. The highest BCUT2D eigenvalue weighted by Crippen LogP contribution is 2.25. The summed E-state index contributed by atoms with van der Waals surface area (Å²) in [5.74, 6) is -0.387. The van der Waals surface area contributed by atoms with Crippen LogP contribution >= 0.6 is 15.9 Å². The van der Waals surface area contributed by atoms with Crippen molar-refractivity contribution in [3.8, 4) is 11.5 Å². The summed E-state index contributed by atoms with van der Waals surface area (Å²) in [6, 6.07) is 11.3. The van der Waals surface area contributed by atoms with Crippen LogP contribution in [-0.2, 0) is 4.74 Å². The molecule has 23 heavy (non-hydrogen) atoms. The zero-order valence-electron chi connectivity index (χ0n) is 12.7. The van der Waals surface area contributed by atoms with E-state index >= 15 is 0 Å². The van der Waals surface area contributed by atoms with Gasteiger partial charge in [-0.1, -0.05) is 22.0 Å². The van der Waals surface area contributed by atoms with Crippen molar-refractivity contribution < 1.29 is 23.8 Å². The first-order chi connectivity index (χ1) is 11.0. The maximum atomic E-state index is 12.4. The number of methoxy groups -OCH3 is 1. The van der Waals surface area contributed by atoms with Crippen molar-refractivity contribution in [1.82, 2.24) is 0 Å². The predicted octanol–water partition coefficient (Wildman–Crippen LogP) is 3.85. The van der Waals surface area contributed by atoms with Crippen LogP contribution < -0.4 is 9.47 Å². The summed E-state index contributed by atoms with van der Waals surface area (Å²) in [6.07, 6.45) is 0. The molecule has 0 saturated carbocycles. The SMILES string of the molecule is CCOc1ccc(Br)cc1C(=O)Oc1cccc(C(=O)OC)c1. The topological polar surface area (TPSA) is 61.8 Å². The molecule has 5 nitrogen and oxygen atoms in total. The highest BCUT2D eigenvalue weighted by molar-refractivity contribution is 9.10. The Morgan fingerprint density at radius 1 is 1.09 bits per heavy atom. The van der Waals surface area contributed by atoms with Crippen LogP contribution in [0, 0.1) is 0 Å².